The summed E-state index contributed by atoms with van der Waals surface area (Å²) in [7, 11) is 0. The summed E-state index contributed by atoms with van der Waals surface area (Å²) in [5.74, 6) is -0.911. The molecule has 4 atom stereocenters. The molecule has 1 aliphatic carbocycles. The van der Waals surface area contributed by atoms with Crippen molar-refractivity contribution in [2.45, 2.75) is 24.7 Å². The van der Waals surface area contributed by atoms with E-state index in [1.807, 2.05) is 19.1 Å². The third-order valence-electron chi connectivity index (χ3n) is 4.87. The molecule has 25 heavy (non-hydrogen) atoms. The number of hydrogen-bond acceptors (Lipinski definition) is 5. The summed E-state index contributed by atoms with van der Waals surface area (Å²) in [5.41, 5.74) is 0.0385. The maximum absolute atomic E-state index is 12.5. The lowest BCUT2D eigenvalue weighted by Gasteiger charge is -2.20. The van der Waals surface area contributed by atoms with E-state index in [2.05, 4.69) is 0 Å². The van der Waals surface area contributed by atoms with E-state index in [4.69, 9.17) is 14.2 Å². The second-order valence-electron chi connectivity index (χ2n) is 6.46. The van der Waals surface area contributed by atoms with Gasteiger partial charge in [0, 0.05) is 5.92 Å². The topological polar surface area (TPSA) is 61.8 Å². The van der Waals surface area contributed by atoms with Crippen LogP contribution in [0.3, 0.4) is 0 Å². The van der Waals surface area contributed by atoms with Gasteiger partial charge in [0.05, 0.1) is 17.7 Å². The lowest BCUT2D eigenvalue weighted by Crippen LogP contribution is -2.33. The third-order valence-corrected chi connectivity index (χ3v) is 4.87. The summed E-state index contributed by atoms with van der Waals surface area (Å²) in [5, 5.41) is 0. The molecule has 0 spiro atoms. The molecule has 5 heteroatoms. The third kappa shape index (κ3) is 2.61. The number of fused-ring (bicyclic) bond motifs is 1. The van der Waals surface area contributed by atoms with Crippen molar-refractivity contribution in [2.24, 2.45) is 5.92 Å². The highest BCUT2D eigenvalue weighted by Crippen LogP contribution is 2.56. The molecule has 1 saturated heterocycles. The molecule has 0 bridgehead atoms. The molecule has 2 aromatic carbocycles. The Morgan fingerprint density at radius 3 is 2.12 bits per heavy atom. The zero-order valence-corrected chi connectivity index (χ0v) is 13.8. The van der Waals surface area contributed by atoms with E-state index < -0.39 is 29.7 Å². The average Bonchev–Trinajstić information content (AvgIpc) is 3.12. The molecule has 2 aromatic rings. The smallest absolute Gasteiger partial charge is 0.338 e. The SMILES string of the molecule is CC1COC2C(OC(=O)c3ccccc3)C12OC(=O)c1ccccc1. The molecule has 0 N–H and O–H groups in total. The van der Waals surface area contributed by atoms with E-state index in [1.54, 1.807) is 48.5 Å². The summed E-state index contributed by atoms with van der Waals surface area (Å²) in [4.78, 5) is 24.8. The van der Waals surface area contributed by atoms with Gasteiger partial charge in [0.15, 0.2) is 11.7 Å². The van der Waals surface area contributed by atoms with Crippen LogP contribution in [-0.4, -0.2) is 36.4 Å². The first kappa shape index (κ1) is 15.8. The highest BCUT2D eigenvalue weighted by atomic mass is 16.7. The molecule has 0 amide bonds. The lowest BCUT2D eigenvalue weighted by atomic mass is 10.0. The largest absolute Gasteiger partial charge is 0.451 e. The molecule has 5 nitrogen and oxygen atoms in total. The van der Waals surface area contributed by atoms with E-state index >= 15 is 0 Å². The van der Waals surface area contributed by atoms with Gasteiger partial charge in [0.25, 0.3) is 0 Å². The van der Waals surface area contributed by atoms with Gasteiger partial charge in [0.1, 0.15) is 6.10 Å². The summed E-state index contributed by atoms with van der Waals surface area (Å²) < 4.78 is 17.0. The van der Waals surface area contributed by atoms with E-state index in [-0.39, 0.29) is 5.92 Å². The Morgan fingerprint density at radius 2 is 1.52 bits per heavy atom. The minimum atomic E-state index is -0.892. The molecular weight excluding hydrogens is 320 g/mol. The van der Waals surface area contributed by atoms with Crippen LogP contribution in [0.2, 0.25) is 0 Å². The van der Waals surface area contributed by atoms with Crippen molar-refractivity contribution >= 4 is 11.9 Å². The normalized spacial score (nSPS) is 29.6. The zero-order valence-electron chi connectivity index (χ0n) is 13.8. The molecule has 1 heterocycles. The summed E-state index contributed by atoms with van der Waals surface area (Å²) in [6, 6.07) is 17.5. The maximum Gasteiger partial charge on any atom is 0.338 e. The maximum atomic E-state index is 12.5. The van der Waals surface area contributed by atoms with Crippen molar-refractivity contribution in [3.05, 3.63) is 71.8 Å². The van der Waals surface area contributed by atoms with Crippen molar-refractivity contribution in [1.29, 1.82) is 0 Å². The van der Waals surface area contributed by atoms with Crippen molar-refractivity contribution < 1.29 is 23.8 Å². The van der Waals surface area contributed by atoms with Crippen LogP contribution >= 0.6 is 0 Å². The van der Waals surface area contributed by atoms with Crippen LogP contribution in [0.5, 0.6) is 0 Å². The molecular formula is C20H18O5. The van der Waals surface area contributed by atoms with Crippen LogP contribution in [0.4, 0.5) is 0 Å². The van der Waals surface area contributed by atoms with Crippen LogP contribution < -0.4 is 0 Å². The Labute approximate surface area is 145 Å². The fourth-order valence-electron chi connectivity index (χ4n) is 3.40. The summed E-state index contributed by atoms with van der Waals surface area (Å²) in [6.07, 6.45) is -0.973. The first-order valence-corrected chi connectivity index (χ1v) is 8.29. The average molecular weight is 338 g/mol. The molecule has 128 valence electrons. The standard InChI is InChI=1S/C20H18O5/c1-13-12-23-16-17(24-18(21)14-8-4-2-5-9-14)20(13,16)25-19(22)15-10-6-3-7-11-15/h2-11,13,16-17H,12H2,1H3. The summed E-state index contributed by atoms with van der Waals surface area (Å²) >= 11 is 0. The minimum Gasteiger partial charge on any atom is -0.451 e. The highest BCUT2D eigenvalue weighted by Gasteiger charge is 2.78. The fourth-order valence-corrected chi connectivity index (χ4v) is 3.40. The Hall–Kier alpha value is -2.66. The Morgan fingerprint density at radius 1 is 0.960 bits per heavy atom. The molecule has 0 aromatic heterocycles. The Balaban J connectivity index is 1.51. The summed E-state index contributed by atoms with van der Waals surface area (Å²) in [6.45, 7) is 2.42. The van der Waals surface area contributed by atoms with Gasteiger partial charge in [-0.3, -0.25) is 0 Å². The van der Waals surface area contributed by atoms with Gasteiger partial charge in [-0.1, -0.05) is 43.3 Å². The van der Waals surface area contributed by atoms with Gasteiger partial charge in [-0.15, -0.1) is 0 Å². The van der Waals surface area contributed by atoms with Crippen molar-refractivity contribution in [2.75, 3.05) is 6.61 Å². The van der Waals surface area contributed by atoms with Gasteiger partial charge in [-0.05, 0) is 24.3 Å². The molecule has 4 rings (SSSR count). The van der Waals surface area contributed by atoms with Gasteiger partial charge in [0.2, 0.25) is 0 Å². The molecule has 2 aliphatic rings. The number of ether oxygens (including phenoxy) is 3. The zero-order chi connectivity index (χ0) is 17.4. The lowest BCUT2D eigenvalue weighted by molar-refractivity contribution is -0.0213. The molecule has 0 radical (unpaired) electrons. The minimum absolute atomic E-state index is 0.0428. The quantitative estimate of drug-likeness (QED) is 0.802. The number of esters is 2. The first-order valence-electron chi connectivity index (χ1n) is 8.29. The predicted octanol–water partition coefficient (Wildman–Crippen LogP) is 2.86. The fraction of sp³-hybridized carbons (Fsp3) is 0.300. The monoisotopic (exact) mass is 338 g/mol. The van der Waals surface area contributed by atoms with Crippen LogP contribution in [0, 0.1) is 5.92 Å². The molecule has 2 fully saturated rings. The second-order valence-corrected chi connectivity index (χ2v) is 6.46. The Kier molecular flexibility index (Phi) is 3.81. The first-order chi connectivity index (χ1) is 12.1. The van der Waals surface area contributed by atoms with Gasteiger partial charge in [-0.2, -0.15) is 0 Å². The van der Waals surface area contributed by atoms with Crippen molar-refractivity contribution in [3.8, 4) is 0 Å². The molecule has 4 unspecified atom stereocenters. The number of carbonyl (C=O) groups excluding carboxylic acids is 2. The Bertz CT molecular complexity index is 788. The number of rotatable bonds is 4. The van der Waals surface area contributed by atoms with Crippen LogP contribution in [0.15, 0.2) is 60.7 Å². The molecule has 1 aliphatic heterocycles. The van der Waals surface area contributed by atoms with Crippen LogP contribution in [-0.2, 0) is 14.2 Å². The number of carbonyl (C=O) groups is 2. The predicted molar refractivity (Wildman–Crippen MR) is 89.1 cm³/mol. The van der Waals surface area contributed by atoms with E-state index in [9.17, 15) is 9.59 Å². The van der Waals surface area contributed by atoms with Crippen LogP contribution in [0.1, 0.15) is 27.6 Å². The number of benzene rings is 2. The molecule has 1 saturated carbocycles. The van der Waals surface area contributed by atoms with E-state index in [0.29, 0.717) is 17.7 Å². The van der Waals surface area contributed by atoms with E-state index in [1.165, 1.54) is 0 Å². The van der Waals surface area contributed by atoms with E-state index in [0.717, 1.165) is 0 Å². The van der Waals surface area contributed by atoms with Gasteiger partial charge >= 0.3 is 11.9 Å². The number of hydrogen-bond donors (Lipinski definition) is 0. The van der Waals surface area contributed by atoms with Crippen molar-refractivity contribution in [1.82, 2.24) is 0 Å². The van der Waals surface area contributed by atoms with Gasteiger partial charge in [-0.25, -0.2) is 9.59 Å². The highest BCUT2D eigenvalue weighted by molar-refractivity contribution is 5.91. The van der Waals surface area contributed by atoms with Crippen molar-refractivity contribution in [3.63, 3.8) is 0 Å². The second kappa shape index (κ2) is 6.01. The van der Waals surface area contributed by atoms with Gasteiger partial charge < -0.3 is 14.2 Å². The van der Waals surface area contributed by atoms with Crippen LogP contribution in [0.25, 0.3) is 0 Å².